The van der Waals surface area contributed by atoms with Crippen LogP contribution < -0.4 is 11.1 Å². The molecule has 1 fully saturated rings. The zero-order valence-electron chi connectivity index (χ0n) is 10.7. The number of rotatable bonds is 3. The number of halogens is 1. The van der Waals surface area contributed by atoms with Crippen molar-refractivity contribution in [3.8, 4) is 0 Å². The second kappa shape index (κ2) is 5.13. The van der Waals surface area contributed by atoms with Gasteiger partial charge < -0.3 is 11.1 Å². The number of nitrogens with zero attached hydrogens (tertiary/aromatic N) is 1. The third kappa shape index (κ3) is 2.60. The lowest BCUT2D eigenvalue weighted by atomic mass is 10.1. The van der Waals surface area contributed by atoms with Crippen LogP contribution in [-0.2, 0) is 0 Å². The van der Waals surface area contributed by atoms with E-state index in [4.69, 9.17) is 17.3 Å². The first-order valence-electron chi connectivity index (χ1n) is 6.42. The van der Waals surface area contributed by atoms with Gasteiger partial charge in [0.05, 0.1) is 17.4 Å². The van der Waals surface area contributed by atoms with Gasteiger partial charge >= 0.3 is 0 Å². The Bertz CT molecular complexity index is 645. The van der Waals surface area contributed by atoms with Crippen LogP contribution in [0.1, 0.15) is 28.3 Å². The quantitative estimate of drug-likeness (QED) is 0.853. The van der Waals surface area contributed by atoms with Crippen molar-refractivity contribution in [2.24, 2.45) is 0 Å². The van der Waals surface area contributed by atoms with Gasteiger partial charge in [0.15, 0.2) is 0 Å². The molecule has 0 radical (unpaired) electrons. The fraction of sp³-hybridized carbons (Fsp3) is 0.200. The lowest BCUT2D eigenvalue weighted by Crippen LogP contribution is -2.27. The van der Waals surface area contributed by atoms with Gasteiger partial charge in [-0.05, 0) is 18.1 Å². The van der Waals surface area contributed by atoms with Gasteiger partial charge in [-0.1, -0.05) is 41.9 Å². The molecule has 1 saturated carbocycles. The van der Waals surface area contributed by atoms with Crippen molar-refractivity contribution in [2.45, 2.75) is 18.4 Å². The van der Waals surface area contributed by atoms with E-state index in [0.717, 1.165) is 6.42 Å². The fourth-order valence-electron chi connectivity index (χ4n) is 2.29. The Balaban J connectivity index is 1.68. The number of carbonyl (C=O) groups excluding carboxylic acids is 1. The monoisotopic (exact) mass is 287 g/mol. The molecular weight excluding hydrogens is 274 g/mol. The molecule has 1 amide bonds. The zero-order chi connectivity index (χ0) is 14.1. The Kier molecular flexibility index (Phi) is 3.32. The minimum atomic E-state index is -0.224. The minimum absolute atomic E-state index is 0.155. The maximum atomic E-state index is 12.2. The lowest BCUT2D eigenvalue weighted by molar-refractivity contribution is 0.0950. The zero-order valence-corrected chi connectivity index (χ0v) is 11.5. The maximum Gasteiger partial charge on any atom is 0.254 e. The number of hydrogen-bond acceptors (Lipinski definition) is 3. The smallest absolute Gasteiger partial charge is 0.254 e. The van der Waals surface area contributed by atoms with Crippen molar-refractivity contribution < 1.29 is 4.79 Å². The highest BCUT2D eigenvalue weighted by molar-refractivity contribution is 6.32. The van der Waals surface area contributed by atoms with E-state index in [0.29, 0.717) is 17.2 Å². The number of carbonyl (C=O) groups is 1. The molecule has 4 nitrogen and oxygen atoms in total. The van der Waals surface area contributed by atoms with Crippen LogP contribution in [0, 0.1) is 0 Å². The number of pyridine rings is 1. The van der Waals surface area contributed by atoms with Crippen molar-refractivity contribution in [3.63, 3.8) is 0 Å². The average molecular weight is 288 g/mol. The lowest BCUT2D eigenvalue weighted by Gasteiger charge is -2.07. The van der Waals surface area contributed by atoms with Crippen LogP contribution in [-0.4, -0.2) is 16.9 Å². The van der Waals surface area contributed by atoms with E-state index in [1.165, 1.54) is 11.8 Å². The van der Waals surface area contributed by atoms with E-state index in [9.17, 15) is 4.79 Å². The Morgan fingerprint density at radius 1 is 1.35 bits per heavy atom. The van der Waals surface area contributed by atoms with Crippen LogP contribution >= 0.6 is 11.6 Å². The highest BCUT2D eigenvalue weighted by Crippen LogP contribution is 2.40. The van der Waals surface area contributed by atoms with Crippen LogP contribution in [0.5, 0.6) is 0 Å². The van der Waals surface area contributed by atoms with E-state index < -0.39 is 0 Å². The third-order valence-corrected chi connectivity index (χ3v) is 3.74. The summed E-state index contributed by atoms with van der Waals surface area (Å²) in [7, 11) is 0. The number of nitrogen functional groups attached to an aromatic ring is 1. The average Bonchev–Trinajstić information content (AvgIpc) is 3.21. The predicted octanol–water partition coefficient (Wildman–Crippen LogP) is 2.60. The summed E-state index contributed by atoms with van der Waals surface area (Å²) in [6.45, 7) is 0. The first-order chi connectivity index (χ1) is 9.65. The highest BCUT2D eigenvalue weighted by atomic mass is 35.5. The van der Waals surface area contributed by atoms with Gasteiger partial charge in [-0.25, -0.2) is 4.98 Å². The molecular formula is C15H14ClN3O. The van der Waals surface area contributed by atoms with Crippen LogP contribution in [0.2, 0.25) is 5.15 Å². The number of benzene rings is 1. The molecule has 20 heavy (non-hydrogen) atoms. The molecule has 0 saturated heterocycles. The van der Waals surface area contributed by atoms with Gasteiger partial charge in [0.2, 0.25) is 0 Å². The van der Waals surface area contributed by atoms with E-state index in [1.807, 2.05) is 18.2 Å². The van der Waals surface area contributed by atoms with Crippen molar-refractivity contribution in [3.05, 3.63) is 58.9 Å². The summed E-state index contributed by atoms with van der Waals surface area (Å²) < 4.78 is 0. The Morgan fingerprint density at radius 3 is 2.85 bits per heavy atom. The molecule has 1 aliphatic rings. The molecule has 1 aliphatic carbocycles. The van der Waals surface area contributed by atoms with Gasteiger partial charge in [0.1, 0.15) is 5.15 Å². The maximum absolute atomic E-state index is 12.2. The van der Waals surface area contributed by atoms with Crippen LogP contribution in [0.25, 0.3) is 0 Å². The minimum Gasteiger partial charge on any atom is -0.397 e. The first kappa shape index (κ1) is 12.9. The summed E-state index contributed by atoms with van der Waals surface area (Å²) in [4.78, 5) is 16.0. The van der Waals surface area contributed by atoms with E-state index >= 15 is 0 Å². The molecule has 2 unspecified atom stereocenters. The molecule has 1 aromatic heterocycles. The molecule has 1 aromatic carbocycles. The topological polar surface area (TPSA) is 68.0 Å². The summed E-state index contributed by atoms with van der Waals surface area (Å²) in [5.74, 6) is 0.158. The molecule has 5 heteroatoms. The van der Waals surface area contributed by atoms with Gasteiger partial charge in [-0.15, -0.1) is 0 Å². The molecule has 3 N–H and O–H groups in total. The summed E-state index contributed by atoms with van der Waals surface area (Å²) in [6, 6.07) is 11.8. The van der Waals surface area contributed by atoms with Gasteiger partial charge in [0.25, 0.3) is 5.91 Å². The first-order valence-corrected chi connectivity index (χ1v) is 6.80. The number of hydrogen-bond donors (Lipinski definition) is 2. The normalized spacial score (nSPS) is 20.4. The standard InChI is InChI=1S/C15H14ClN3O/c16-14-12(6-10(17)8-18-14)15(20)19-13-7-11(13)9-4-2-1-3-5-9/h1-6,8,11,13H,7,17H2,(H,19,20). The Hall–Kier alpha value is -2.07. The summed E-state index contributed by atoms with van der Waals surface area (Å²) in [5, 5.41) is 3.14. The summed E-state index contributed by atoms with van der Waals surface area (Å²) in [6.07, 6.45) is 2.38. The van der Waals surface area contributed by atoms with Gasteiger partial charge in [0, 0.05) is 12.0 Å². The molecule has 2 atom stereocenters. The second-order valence-electron chi connectivity index (χ2n) is 4.94. The Labute approximate surface area is 122 Å². The number of amides is 1. The fourth-order valence-corrected chi connectivity index (χ4v) is 2.48. The van der Waals surface area contributed by atoms with Crippen molar-refractivity contribution in [2.75, 3.05) is 5.73 Å². The third-order valence-electron chi connectivity index (χ3n) is 3.44. The molecule has 2 aromatic rings. The molecule has 0 aliphatic heterocycles. The van der Waals surface area contributed by atoms with Crippen molar-refractivity contribution >= 4 is 23.2 Å². The van der Waals surface area contributed by atoms with Crippen LogP contribution in [0.15, 0.2) is 42.6 Å². The van der Waals surface area contributed by atoms with Crippen LogP contribution in [0.3, 0.4) is 0 Å². The molecule has 1 heterocycles. The van der Waals surface area contributed by atoms with E-state index in [-0.39, 0.29) is 17.1 Å². The largest absolute Gasteiger partial charge is 0.397 e. The van der Waals surface area contributed by atoms with Crippen molar-refractivity contribution in [1.82, 2.24) is 10.3 Å². The SMILES string of the molecule is Nc1cnc(Cl)c(C(=O)NC2CC2c2ccccc2)c1. The number of anilines is 1. The van der Waals surface area contributed by atoms with Crippen LogP contribution in [0.4, 0.5) is 5.69 Å². The second-order valence-corrected chi connectivity index (χ2v) is 5.30. The number of nitrogens with two attached hydrogens (primary N) is 1. The predicted molar refractivity (Wildman–Crippen MR) is 78.7 cm³/mol. The Morgan fingerprint density at radius 2 is 2.10 bits per heavy atom. The number of aromatic nitrogens is 1. The molecule has 3 rings (SSSR count). The van der Waals surface area contributed by atoms with Gasteiger partial charge in [-0.2, -0.15) is 0 Å². The van der Waals surface area contributed by atoms with E-state index in [2.05, 4.69) is 22.4 Å². The van der Waals surface area contributed by atoms with Gasteiger partial charge in [-0.3, -0.25) is 4.79 Å². The number of nitrogens with one attached hydrogen (secondary N) is 1. The summed E-state index contributed by atoms with van der Waals surface area (Å²) in [5.41, 5.74) is 7.62. The van der Waals surface area contributed by atoms with Crippen molar-refractivity contribution in [1.29, 1.82) is 0 Å². The molecule has 0 bridgehead atoms. The highest BCUT2D eigenvalue weighted by Gasteiger charge is 2.39. The van der Waals surface area contributed by atoms with E-state index in [1.54, 1.807) is 6.07 Å². The summed E-state index contributed by atoms with van der Waals surface area (Å²) >= 11 is 5.92. The molecule has 102 valence electrons. The molecule has 0 spiro atoms.